The van der Waals surface area contributed by atoms with Crippen molar-refractivity contribution < 1.29 is 9.13 Å². The Morgan fingerprint density at radius 1 is 1.26 bits per heavy atom. The van der Waals surface area contributed by atoms with Crippen molar-refractivity contribution in [1.29, 1.82) is 0 Å². The minimum Gasteiger partial charge on any atom is -0.491 e. The van der Waals surface area contributed by atoms with E-state index in [0.717, 1.165) is 0 Å². The van der Waals surface area contributed by atoms with Crippen molar-refractivity contribution in [1.82, 2.24) is 0 Å². The zero-order chi connectivity index (χ0) is 16.0. The molecule has 118 valence electrons. The lowest BCUT2D eigenvalue weighted by Crippen LogP contribution is -2.01. The number of hydrogen-bond acceptors (Lipinski definition) is 3. The molecule has 5 heteroatoms. The first-order chi connectivity index (χ1) is 11.2. The van der Waals surface area contributed by atoms with Crippen LogP contribution in [0.5, 0.6) is 5.75 Å². The molecule has 4 rings (SSSR count). The van der Waals surface area contributed by atoms with Gasteiger partial charge in [-0.1, -0.05) is 41.0 Å². The quantitative estimate of drug-likeness (QED) is 0.727. The van der Waals surface area contributed by atoms with Gasteiger partial charge in [0.25, 0.3) is 0 Å². The van der Waals surface area contributed by atoms with Gasteiger partial charge < -0.3 is 4.74 Å². The van der Waals surface area contributed by atoms with Gasteiger partial charge in [0.05, 0.1) is 11.6 Å². The fourth-order valence-corrected chi connectivity index (χ4v) is 3.49. The van der Waals surface area contributed by atoms with Gasteiger partial charge in [0.2, 0.25) is 0 Å². The van der Waals surface area contributed by atoms with Crippen molar-refractivity contribution in [3.05, 3.63) is 68.3 Å². The number of halogens is 2. The Morgan fingerprint density at radius 2 is 2.00 bits per heavy atom. The average molecular weight is 332 g/mol. The Kier molecular flexibility index (Phi) is 3.57. The molecule has 1 fully saturated rings. The highest BCUT2D eigenvalue weighted by atomic mass is 35.5. The number of nitroso groups, excluding NO2 is 1. The lowest BCUT2D eigenvalue weighted by atomic mass is 9.96. The van der Waals surface area contributed by atoms with E-state index in [1.165, 1.54) is 24.5 Å². The maximum atomic E-state index is 14.2. The lowest BCUT2D eigenvalue weighted by Gasteiger charge is -2.15. The summed E-state index contributed by atoms with van der Waals surface area (Å²) in [5, 5.41) is 3.48. The van der Waals surface area contributed by atoms with Gasteiger partial charge in [-0.15, -0.1) is 4.91 Å². The molecule has 1 aliphatic heterocycles. The number of rotatable bonds is 4. The molecule has 2 aliphatic rings. The van der Waals surface area contributed by atoms with Crippen molar-refractivity contribution in [3.8, 4) is 5.75 Å². The van der Waals surface area contributed by atoms with Gasteiger partial charge in [-0.25, -0.2) is 4.39 Å². The first kappa shape index (κ1) is 14.6. The summed E-state index contributed by atoms with van der Waals surface area (Å²) < 4.78 is 19.7. The van der Waals surface area contributed by atoms with Gasteiger partial charge in [-0.3, -0.25) is 0 Å². The van der Waals surface area contributed by atoms with Gasteiger partial charge in [0.1, 0.15) is 17.6 Å². The summed E-state index contributed by atoms with van der Waals surface area (Å²) in [5.74, 6) is 0.603. The number of hydrogen-bond donors (Lipinski definition) is 0. The molecule has 1 unspecified atom stereocenters. The van der Waals surface area contributed by atoms with E-state index in [1.807, 2.05) is 24.3 Å². The van der Waals surface area contributed by atoms with Gasteiger partial charge >= 0.3 is 0 Å². The molecule has 0 radical (unpaired) electrons. The van der Waals surface area contributed by atoms with Crippen LogP contribution in [0, 0.1) is 10.7 Å². The monoisotopic (exact) mass is 331 g/mol. The Balaban J connectivity index is 1.75. The van der Waals surface area contributed by atoms with Crippen LogP contribution in [0.2, 0.25) is 5.02 Å². The summed E-state index contributed by atoms with van der Waals surface area (Å²) in [5.41, 5.74) is 2.82. The van der Waals surface area contributed by atoms with E-state index in [1.54, 1.807) is 0 Å². The Morgan fingerprint density at radius 3 is 2.65 bits per heavy atom. The van der Waals surface area contributed by atoms with E-state index in [0.29, 0.717) is 41.4 Å². The van der Waals surface area contributed by atoms with Gasteiger partial charge in [0.15, 0.2) is 0 Å². The van der Waals surface area contributed by atoms with E-state index < -0.39 is 6.04 Å². The van der Waals surface area contributed by atoms with Crippen LogP contribution >= 0.6 is 11.6 Å². The Labute approximate surface area is 138 Å². The molecule has 1 aliphatic carbocycles. The summed E-state index contributed by atoms with van der Waals surface area (Å²) in [6.45, 7) is 0.407. The largest absolute Gasteiger partial charge is 0.491 e. The minimum atomic E-state index is -0.834. The van der Waals surface area contributed by atoms with E-state index in [2.05, 4.69) is 5.18 Å². The van der Waals surface area contributed by atoms with Crippen molar-refractivity contribution in [3.63, 3.8) is 0 Å². The maximum absolute atomic E-state index is 14.2. The topological polar surface area (TPSA) is 38.7 Å². The van der Waals surface area contributed by atoms with Crippen LogP contribution in [0.4, 0.5) is 4.39 Å². The van der Waals surface area contributed by atoms with Crippen LogP contribution in [0.3, 0.4) is 0 Å². The summed E-state index contributed by atoms with van der Waals surface area (Å²) in [7, 11) is 0. The smallest absolute Gasteiger partial charge is 0.144 e. The molecular formula is C18H15ClFNO2. The lowest BCUT2D eigenvalue weighted by molar-refractivity contribution is 0.356. The predicted molar refractivity (Wildman–Crippen MR) is 86.7 cm³/mol. The second-order valence-corrected chi connectivity index (χ2v) is 6.49. The number of nitrogens with zero attached hydrogens (tertiary/aromatic N) is 1. The number of fused-ring (bicyclic) bond motifs is 1. The summed E-state index contributed by atoms with van der Waals surface area (Å²) in [6.07, 6.45) is 2.93. The molecule has 3 nitrogen and oxygen atoms in total. The molecule has 0 spiro atoms. The van der Waals surface area contributed by atoms with Crippen LogP contribution in [0.25, 0.3) is 0 Å². The van der Waals surface area contributed by atoms with Crippen LogP contribution in [0.1, 0.15) is 47.1 Å². The molecule has 1 atom stereocenters. The van der Waals surface area contributed by atoms with E-state index in [4.69, 9.17) is 16.3 Å². The summed E-state index contributed by atoms with van der Waals surface area (Å²) in [6, 6.07) is 8.26. The normalized spacial score (nSPS) is 17.5. The van der Waals surface area contributed by atoms with E-state index in [9.17, 15) is 9.30 Å². The molecule has 1 heterocycles. The van der Waals surface area contributed by atoms with E-state index >= 15 is 0 Å². The molecule has 1 saturated carbocycles. The zero-order valence-corrected chi connectivity index (χ0v) is 13.1. The molecule has 0 amide bonds. The highest BCUT2D eigenvalue weighted by molar-refractivity contribution is 6.33. The van der Waals surface area contributed by atoms with Crippen LogP contribution in [0.15, 0.2) is 35.5 Å². The van der Waals surface area contributed by atoms with E-state index in [-0.39, 0.29) is 10.8 Å². The Hall–Kier alpha value is -1.94. The first-order valence-corrected chi connectivity index (χ1v) is 8.12. The summed E-state index contributed by atoms with van der Waals surface area (Å²) >= 11 is 6.35. The van der Waals surface area contributed by atoms with Crippen molar-refractivity contribution in [2.75, 3.05) is 6.61 Å². The van der Waals surface area contributed by atoms with Crippen molar-refractivity contribution >= 4 is 11.6 Å². The molecule has 2 aromatic carbocycles. The predicted octanol–water partition coefficient (Wildman–Crippen LogP) is 5.15. The van der Waals surface area contributed by atoms with Gasteiger partial charge in [0, 0.05) is 17.5 Å². The zero-order valence-electron chi connectivity index (χ0n) is 12.4. The molecule has 0 saturated heterocycles. The Bertz CT molecular complexity index is 772. The van der Waals surface area contributed by atoms with Crippen LogP contribution in [-0.4, -0.2) is 6.61 Å². The molecule has 0 aromatic heterocycles. The minimum absolute atomic E-state index is 0.287. The molecular weight excluding hydrogens is 317 g/mol. The molecule has 0 N–H and O–H groups in total. The summed E-state index contributed by atoms with van der Waals surface area (Å²) in [4.78, 5) is 11.4. The second kappa shape index (κ2) is 5.60. The number of ether oxygens (including phenoxy) is 1. The third kappa shape index (κ3) is 2.51. The van der Waals surface area contributed by atoms with Crippen molar-refractivity contribution in [2.45, 2.75) is 31.2 Å². The maximum Gasteiger partial charge on any atom is 0.144 e. The highest BCUT2D eigenvalue weighted by Crippen LogP contribution is 2.44. The van der Waals surface area contributed by atoms with Crippen LogP contribution in [-0.2, 0) is 6.42 Å². The molecule has 2 aromatic rings. The third-order valence-corrected chi connectivity index (χ3v) is 4.99. The molecule has 23 heavy (non-hydrogen) atoms. The standard InChI is InChI=1S/C18H15ClFNO2/c19-16-14(9-15(20)13-7-8-23-18(13)16)17(21-22)12-5-3-11(4-6-12)10-1-2-10/h3-6,9-10,17H,1-2,7-8H2. The second-order valence-electron chi connectivity index (χ2n) is 6.12. The fraction of sp³-hybridized carbons (Fsp3) is 0.333. The number of benzene rings is 2. The van der Waals surface area contributed by atoms with Crippen LogP contribution < -0.4 is 4.74 Å². The average Bonchev–Trinajstić information content (AvgIpc) is 3.29. The van der Waals surface area contributed by atoms with Gasteiger partial charge in [-0.05, 0) is 36.0 Å². The van der Waals surface area contributed by atoms with Gasteiger partial charge in [-0.2, -0.15) is 0 Å². The molecule has 0 bridgehead atoms. The highest BCUT2D eigenvalue weighted by Gasteiger charge is 2.28. The first-order valence-electron chi connectivity index (χ1n) is 7.75. The van der Waals surface area contributed by atoms with Crippen molar-refractivity contribution in [2.24, 2.45) is 5.18 Å². The third-order valence-electron chi connectivity index (χ3n) is 4.60. The SMILES string of the molecule is O=NC(c1ccc(C2CC2)cc1)c1cc(F)c2c(c1Cl)OCC2. The fourth-order valence-electron chi connectivity index (χ4n) is 3.16.